The smallest absolute Gasteiger partial charge is 0.262 e. The Labute approximate surface area is 242 Å². The molecular formula is C30H29ClN4O4S. The van der Waals surface area contributed by atoms with Crippen molar-refractivity contribution in [2.24, 2.45) is 4.99 Å². The maximum Gasteiger partial charge on any atom is 0.262 e. The van der Waals surface area contributed by atoms with E-state index in [4.69, 9.17) is 26.1 Å². The maximum absolute atomic E-state index is 13.7. The van der Waals surface area contributed by atoms with Gasteiger partial charge in [0.05, 0.1) is 24.4 Å². The predicted molar refractivity (Wildman–Crippen MR) is 160 cm³/mol. The van der Waals surface area contributed by atoms with Crippen LogP contribution in [0.15, 0.2) is 89.1 Å². The standard InChI is InChI=1S/C30H29ClN4O4S/c1-19-27(29(37)34-22-9-13-24(38-2)14-10-22)28(35-15-4-16-40-30(35)32-19)20-5-3-6-23(17-20)33-26(36)18-39-25-11-7-21(31)8-12-25/h3,5-14,17,28H,4,15-16,18H2,1-2H3,(H,33,36)(H,34,37). The lowest BCUT2D eigenvalue weighted by molar-refractivity contribution is -0.118. The highest BCUT2D eigenvalue weighted by Crippen LogP contribution is 2.40. The molecule has 2 N–H and O–H groups in total. The molecule has 3 aromatic carbocycles. The summed E-state index contributed by atoms with van der Waals surface area (Å²) in [6.45, 7) is 2.49. The molecule has 0 saturated carbocycles. The van der Waals surface area contributed by atoms with Crippen molar-refractivity contribution in [3.63, 3.8) is 0 Å². The molecule has 1 saturated heterocycles. The second kappa shape index (κ2) is 12.5. The molecule has 10 heteroatoms. The molecule has 2 amide bonds. The van der Waals surface area contributed by atoms with E-state index in [9.17, 15) is 9.59 Å². The van der Waals surface area contributed by atoms with Crippen LogP contribution in [0.1, 0.15) is 24.9 Å². The highest BCUT2D eigenvalue weighted by molar-refractivity contribution is 8.13. The number of halogens is 1. The van der Waals surface area contributed by atoms with Gasteiger partial charge in [-0.3, -0.25) is 9.59 Å². The number of carbonyl (C=O) groups is 2. The van der Waals surface area contributed by atoms with Crippen LogP contribution in [-0.4, -0.2) is 47.9 Å². The number of hydrogen-bond acceptors (Lipinski definition) is 7. The summed E-state index contributed by atoms with van der Waals surface area (Å²) in [5.74, 6) is 1.72. The lowest BCUT2D eigenvalue weighted by Crippen LogP contribution is -2.43. The summed E-state index contributed by atoms with van der Waals surface area (Å²) < 4.78 is 10.8. The number of anilines is 2. The number of methoxy groups -OCH3 is 1. The van der Waals surface area contributed by atoms with Crippen LogP contribution in [0.2, 0.25) is 5.02 Å². The van der Waals surface area contributed by atoms with Crippen LogP contribution in [0.4, 0.5) is 11.4 Å². The van der Waals surface area contributed by atoms with Gasteiger partial charge in [-0.05, 0) is 79.6 Å². The van der Waals surface area contributed by atoms with E-state index in [1.165, 1.54) is 0 Å². The van der Waals surface area contributed by atoms with Crippen LogP contribution < -0.4 is 20.1 Å². The second-order valence-corrected chi connectivity index (χ2v) is 10.8. The third-order valence-corrected chi connectivity index (χ3v) is 7.85. The summed E-state index contributed by atoms with van der Waals surface area (Å²) in [5.41, 5.74) is 3.39. The number of aliphatic imine (C=N–C) groups is 1. The van der Waals surface area contributed by atoms with E-state index in [0.717, 1.165) is 29.4 Å². The van der Waals surface area contributed by atoms with E-state index in [2.05, 4.69) is 15.5 Å². The molecule has 0 aliphatic carbocycles. The number of nitrogens with zero attached hydrogens (tertiary/aromatic N) is 2. The number of hydrogen-bond donors (Lipinski definition) is 2. The molecule has 1 atom stereocenters. The molecule has 0 aromatic heterocycles. The van der Waals surface area contributed by atoms with Crippen LogP contribution in [-0.2, 0) is 9.59 Å². The number of carbonyl (C=O) groups excluding carboxylic acids is 2. The SMILES string of the molecule is COc1ccc(NC(=O)C2=C(C)N=C3SCCCN3C2c2cccc(NC(=O)COc3ccc(Cl)cc3)c2)cc1. The molecule has 40 heavy (non-hydrogen) atoms. The Morgan fingerprint density at radius 2 is 1.77 bits per heavy atom. The molecule has 206 valence electrons. The topological polar surface area (TPSA) is 92.3 Å². The summed E-state index contributed by atoms with van der Waals surface area (Å²) in [4.78, 5) is 33.3. The van der Waals surface area contributed by atoms with Gasteiger partial charge >= 0.3 is 0 Å². The van der Waals surface area contributed by atoms with Crippen LogP contribution >= 0.6 is 23.4 Å². The summed E-state index contributed by atoms with van der Waals surface area (Å²) in [7, 11) is 1.60. The molecular weight excluding hydrogens is 548 g/mol. The number of benzene rings is 3. The fourth-order valence-electron chi connectivity index (χ4n) is 4.64. The molecule has 2 aliphatic heterocycles. The lowest BCUT2D eigenvalue weighted by atomic mass is 9.93. The summed E-state index contributed by atoms with van der Waals surface area (Å²) >= 11 is 7.61. The quantitative estimate of drug-likeness (QED) is 0.335. The largest absolute Gasteiger partial charge is 0.497 e. The molecule has 2 aliphatic rings. The average Bonchev–Trinajstić information content (AvgIpc) is 2.96. The fourth-order valence-corrected chi connectivity index (χ4v) is 5.79. The van der Waals surface area contributed by atoms with Gasteiger partial charge in [-0.2, -0.15) is 0 Å². The number of rotatable bonds is 8. The van der Waals surface area contributed by atoms with Gasteiger partial charge in [-0.15, -0.1) is 0 Å². The molecule has 3 aromatic rings. The van der Waals surface area contributed by atoms with Gasteiger partial charge in [0.25, 0.3) is 11.8 Å². The molecule has 0 spiro atoms. The van der Waals surface area contributed by atoms with Crippen molar-refractivity contribution in [3.05, 3.63) is 94.7 Å². The van der Waals surface area contributed by atoms with Crippen LogP contribution in [0, 0.1) is 0 Å². The Hall–Kier alpha value is -3.95. The van der Waals surface area contributed by atoms with Gasteiger partial charge in [0.2, 0.25) is 0 Å². The van der Waals surface area contributed by atoms with Crippen LogP contribution in [0.3, 0.4) is 0 Å². The van der Waals surface area contributed by atoms with E-state index in [1.54, 1.807) is 67.4 Å². The molecule has 0 bridgehead atoms. The first-order chi connectivity index (χ1) is 19.4. The van der Waals surface area contributed by atoms with Gasteiger partial charge in [0.15, 0.2) is 11.8 Å². The number of nitrogens with one attached hydrogen (secondary N) is 2. The number of ether oxygens (including phenoxy) is 2. The van der Waals surface area contributed by atoms with E-state index < -0.39 is 0 Å². The van der Waals surface area contributed by atoms with Crippen molar-refractivity contribution in [2.45, 2.75) is 19.4 Å². The number of thioether (sulfide) groups is 1. The van der Waals surface area contributed by atoms with E-state index >= 15 is 0 Å². The van der Waals surface area contributed by atoms with Crippen LogP contribution in [0.5, 0.6) is 11.5 Å². The van der Waals surface area contributed by atoms with Gasteiger partial charge < -0.3 is 25.0 Å². The normalized spacial score (nSPS) is 16.5. The zero-order valence-electron chi connectivity index (χ0n) is 22.1. The van der Waals surface area contributed by atoms with E-state index in [0.29, 0.717) is 39.2 Å². The first kappa shape index (κ1) is 27.6. The Bertz CT molecular complexity index is 1460. The summed E-state index contributed by atoms with van der Waals surface area (Å²) in [5, 5.41) is 7.43. The summed E-state index contributed by atoms with van der Waals surface area (Å²) in [6, 6.07) is 21.3. The predicted octanol–water partition coefficient (Wildman–Crippen LogP) is 6.13. The molecule has 2 heterocycles. The molecule has 5 rings (SSSR count). The maximum atomic E-state index is 13.7. The minimum atomic E-state index is -0.360. The van der Waals surface area contributed by atoms with Crippen molar-refractivity contribution >= 4 is 51.7 Å². The molecule has 0 radical (unpaired) electrons. The monoisotopic (exact) mass is 576 g/mol. The minimum absolute atomic E-state index is 0.149. The van der Waals surface area contributed by atoms with E-state index in [-0.39, 0.29) is 24.5 Å². The number of allylic oxidation sites excluding steroid dienone is 1. The number of amides is 2. The Morgan fingerprint density at radius 3 is 2.52 bits per heavy atom. The molecule has 1 unspecified atom stereocenters. The summed E-state index contributed by atoms with van der Waals surface area (Å²) in [6.07, 6.45) is 0.977. The molecule has 8 nitrogen and oxygen atoms in total. The van der Waals surface area contributed by atoms with Crippen molar-refractivity contribution < 1.29 is 19.1 Å². The average molecular weight is 577 g/mol. The van der Waals surface area contributed by atoms with Gasteiger partial charge in [-0.1, -0.05) is 35.5 Å². The Morgan fingerprint density at radius 1 is 1.02 bits per heavy atom. The van der Waals surface area contributed by atoms with Gasteiger partial charge in [0, 0.05) is 28.7 Å². The Balaban J connectivity index is 1.37. The zero-order chi connectivity index (χ0) is 28.1. The highest BCUT2D eigenvalue weighted by Gasteiger charge is 2.37. The van der Waals surface area contributed by atoms with E-state index in [1.807, 2.05) is 31.2 Å². The second-order valence-electron chi connectivity index (χ2n) is 9.29. The zero-order valence-corrected chi connectivity index (χ0v) is 23.7. The number of fused-ring (bicyclic) bond motifs is 1. The first-order valence-electron chi connectivity index (χ1n) is 12.8. The molecule has 1 fully saturated rings. The van der Waals surface area contributed by atoms with Gasteiger partial charge in [-0.25, -0.2) is 4.99 Å². The van der Waals surface area contributed by atoms with Crippen molar-refractivity contribution in [1.29, 1.82) is 0 Å². The third kappa shape index (κ3) is 6.43. The van der Waals surface area contributed by atoms with Crippen molar-refractivity contribution in [2.75, 3.05) is 36.6 Å². The first-order valence-corrected chi connectivity index (χ1v) is 14.2. The van der Waals surface area contributed by atoms with Gasteiger partial charge in [0.1, 0.15) is 11.5 Å². The van der Waals surface area contributed by atoms with Crippen molar-refractivity contribution in [3.8, 4) is 11.5 Å². The lowest BCUT2D eigenvalue weighted by Gasteiger charge is -2.41. The minimum Gasteiger partial charge on any atom is -0.497 e. The Kier molecular flexibility index (Phi) is 8.62. The van der Waals surface area contributed by atoms with Crippen LogP contribution in [0.25, 0.3) is 0 Å². The van der Waals surface area contributed by atoms with Crippen molar-refractivity contribution in [1.82, 2.24) is 4.90 Å². The number of amidine groups is 1. The fraction of sp³-hybridized carbons (Fsp3) is 0.233. The highest BCUT2D eigenvalue weighted by atomic mass is 35.5. The third-order valence-electron chi connectivity index (χ3n) is 6.52.